The van der Waals surface area contributed by atoms with Crippen LogP contribution in [0, 0.1) is 0 Å². The first kappa shape index (κ1) is 20.9. The summed E-state index contributed by atoms with van der Waals surface area (Å²) in [5, 5.41) is 10.8. The molecule has 1 aliphatic rings. The molecule has 1 fully saturated rings. The number of hydrogen-bond acceptors (Lipinski definition) is 4. The second kappa shape index (κ2) is 9.58. The maximum Gasteiger partial charge on any atom is 0.276 e. The first-order chi connectivity index (χ1) is 13.7. The number of carbonyl (C=O) groups excluding carboxylic acids is 1. The van der Waals surface area contributed by atoms with Gasteiger partial charge in [-0.05, 0) is 49.2 Å². The number of halogens is 1. The molecule has 1 saturated heterocycles. The topological polar surface area (TPSA) is 68.2 Å². The third-order valence-corrected chi connectivity index (χ3v) is 5.02. The van der Waals surface area contributed by atoms with Gasteiger partial charge < -0.3 is 15.4 Å². The van der Waals surface area contributed by atoms with E-state index >= 15 is 0 Å². The fourth-order valence-electron chi connectivity index (χ4n) is 3.56. The van der Waals surface area contributed by atoms with Crippen LogP contribution in [-0.4, -0.2) is 35.9 Å². The number of anilines is 1. The quantitative estimate of drug-likeness (QED) is 0.660. The Kier molecular flexibility index (Phi) is 6.90. The van der Waals surface area contributed by atoms with Gasteiger partial charge in [-0.15, -0.1) is 12.4 Å². The van der Waals surface area contributed by atoms with E-state index in [9.17, 15) is 4.79 Å². The summed E-state index contributed by atoms with van der Waals surface area (Å²) in [4.78, 5) is 12.7. The number of hydrogen-bond donors (Lipinski definition) is 2. The zero-order valence-electron chi connectivity index (χ0n) is 16.3. The van der Waals surface area contributed by atoms with Crippen molar-refractivity contribution in [2.45, 2.75) is 18.9 Å². The highest BCUT2D eigenvalue weighted by molar-refractivity contribution is 6.03. The molecule has 1 unspecified atom stereocenters. The van der Waals surface area contributed by atoms with Crippen LogP contribution in [0.2, 0.25) is 0 Å². The maximum atomic E-state index is 12.7. The molecule has 0 radical (unpaired) electrons. The molecule has 0 saturated carbocycles. The minimum Gasteiger partial charge on any atom is -0.496 e. The molecule has 29 heavy (non-hydrogen) atoms. The number of aromatic nitrogens is 2. The zero-order valence-corrected chi connectivity index (χ0v) is 17.1. The van der Waals surface area contributed by atoms with Gasteiger partial charge in [0.1, 0.15) is 5.75 Å². The molecule has 0 bridgehead atoms. The van der Waals surface area contributed by atoms with Crippen molar-refractivity contribution < 1.29 is 9.53 Å². The lowest BCUT2D eigenvalue weighted by Crippen LogP contribution is -2.32. The summed E-state index contributed by atoms with van der Waals surface area (Å²) in [5.41, 5.74) is 3.11. The number of carbonyl (C=O) groups is 1. The highest BCUT2D eigenvalue weighted by Gasteiger charge is 2.18. The van der Waals surface area contributed by atoms with Gasteiger partial charge in [-0.2, -0.15) is 5.10 Å². The lowest BCUT2D eigenvalue weighted by molar-refractivity contribution is 0.102. The van der Waals surface area contributed by atoms with Crippen molar-refractivity contribution in [1.29, 1.82) is 0 Å². The predicted molar refractivity (Wildman–Crippen MR) is 117 cm³/mol. The smallest absolute Gasteiger partial charge is 0.276 e. The number of piperidine rings is 1. The van der Waals surface area contributed by atoms with E-state index < -0.39 is 0 Å². The molecule has 152 valence electrons. The fraction of sp³-hybridized carbons (Fsp3) is 0.273. The van der Waals surface area contributed by atoms with Gasteiger partial charge >= 0.3 is 0 Å². The average Bonchev–Trinajstić information content (AvgIpc) is 3.25. The number of ether oxygens (including phenoxy) is 1. The summed E-state index contributed by atoms with van der Waals surface area (Å²) in [5.74, 6) is 0.588. The summed E-state index contributed by atoms with van der Waals surface area (Å²) in [6.45, 7) is 1.94. The molecular weight excluding hydrogens is 388 g/mol. The molecule has 2 aromatic carbocycles. The summed E-state index contributed by atoms with van der Waals surface area (Å²) >= 11 is 0. The van der Waals surface area contributed by atoms with E-state index in [1.807, 2.05) is 59.4 Å². The Bertz CT molecular complexity index is 967. The summed E-state index contributed by atoms with van der Waals surface area (Å²) < 4.78 is 7.34. The van der Waals surface area contributed by atoms with Crippen LogP contribution in [-0.2, 0) is 0 Å². The van der Waals surface area contributed by atoms with Gasteiger partial charge in [-0.3, -0.25) is 9.48 Å². The molecule has 1 amide bonds. The number of nitrogens with one attached hydrogen (secondary N) is 2. The maximum absolute atomic E-state index is 12.7. The predicted octanol–water partition coefficient (Wildman–Crippen LogP) is 4.16. The third-order valence-electron chi connectivity index (χ3n) is 5.02. The Balaban J connectivity index is 0.00000240. The van der Waals surface area contributed by atoms with Crippen LogP contribution < -0.4 is 15.4 Å². The Morgan fingerprint density at radius 3 is 2.86 bits per heavy atom. The van der Waals surface area contributed by atoms with Gasteiger partial charge in [0.15, 0.2) is 5.69 Å². The molecule has 3 aromatic rings. The highest BCUT2D eigenvalue weighted by atomic mass is 35.5. The average molecular weight is 413 g/mol. The second-order valence-corrected chi connectivity index (χ2v) is 6.92. The number of nitrogens with zero attached hydrogens (tertiary/aromatic N) is 2. The molecular formula is C22H25ClN4O2. The Morgan fingerprint density at radius 2 is 2.07 bits per heavy atom. The van der Waals surface area contributed by atoms with Gasteiger partial charge in [0.05, 0.1) is 13.2 Å². The standard InChI is InChI=1S/C22H24N4O2.ClH/c1-28-21-10-3-2-9-19(21)16-6-4-7-17(14-16)24-22(27)20-11-13-26(25-20)18-8-5-12-23-15-18;/h2-4,6-7,9-11,13-14,18,23H,5,8,12,15H2,1H3,(H,24,27);1H. The Labute approximate surface area is 176 Å². The molecule has 7 heteroatoms. The van der Waals surface area contributed by atoms with E-state index in [1.165, 1.54) is 0 Å². The third kappa shape index (κ3) is 4.78. The minimum atomic E-state index is -0.209. The summed E-state index contributed by atoms with van der Waals surface area (Å²) in [6, 6.07) is 17.6. The molecule has 0 aliphatic carbocycles. The van der Waals surface area contributed by atoms with Gasteiger partial charge in [-0.25, -0.2) is 0 Å². The fourth-order valence-corrected chi connectivity index (χ4v) is 3.56. The highest BCUT2D eigenvalue weighted by Crippen LogP contribution is 2.31. The molecule has 2 N–H and O–H groups in total. The second-order valence-electron chi connectivity index (χ2n) is 6.92. The van der Waals surface area contributed by atoms with E-state index in [2.05, 4.69) is 15.7 Å². The van der Waals surface area contributed by atoms with Crippen molar-refractivity contribution in [3.8, 4) is 16.9 Å². The van der Waals surface area contributed by atoms with Crippen molar-refractivity contribution in [2.24, 2.45) is 0 Å². The van der Waals surface area contributed by atoms with Crippen LogP contribution in [0.3, 0.4) is 0 Å². The van der Waals surface area contributed by atoms with Crippen molar-refractivity contribution in [2.75, 3.05) is 25.5 Å². The first-order valence-electron chi connectivity index (χ1n) is 9.55. The van der Waals surface area contributed by atoms with Crippen LogP contribution in [0.25, 0.3) is 11.1 Å². The molecule has 1 aromatic heterocycles. The number of amides is 1. The van der Waals surface area contributed by atoms with Gasteiger partial charge in [0.25, 0.3) is 5.91 Å². The molecule has 6 nitrogen and oxygen atoms in total. The minimum absolute atomic E-state index is 0. The number of benzene rings is 2. The van der Waals surface area contributed by atoms with E-state index in [1.54, 1.807) is 13.2 Å². The van der Waals surface area contributed by atoms with Crippen molar-refractivity contribution >= 4 is 24.0 Å². The molecule has 1 atom stereocenters. The van der Waals surface area contributed by atoms with Gasteiger partial charge in [0, 0.05) is 24.0 Å². The monoisotopic (exact) mass is 412 g/mol. The lowest BCUT2D eigenvalue weighted by atomic mass is 10.0. The summed E-state index contributed by atoms with van der Waals surface area (Å²) in [7, 11) is 1.66. The Hall–Kier alpha value is -2.83. The molecule has 1 aliphatic heterocycles. The molecule has 4 rings (SSSR count). The van der Waals surface area contributed by atoms with Crippen molar-refractivity contribution in [1.82, 2.24) is 15.1 Å². The van der Waals surface area contributed by atoms with Crippen LogP contribution >= 0.6 is 12.4 Å². The van der Waals surface area contributed by atoms with Crippen molar-refractivity contribution in [3.05, 3.63) is 66.5 Å². The van der Waals surface area contributed by atoms with E-state index in [0.717, 1.165) is 48.5 Å². The van der Waals surface area contributed by atoms with E-state index in [-0.39, 0.29) is 18.3 Å². The molecule has 0 spiro atoms. The van der Waals surface area contributed by atoms with Crippen molar-refractivity contribution in [3.63, 3.8) is 0 Å². The molecule has 2 heterocycles. The van der Waals surface area contributed by atoms with Crippen LogP contribution in [0.5, 0.6) is 5.75 Å². The largest absolute Gasteiger partial charge is 0.496 e. The lowest BCUT2D eigenvalue weighted by Gasteiger charge is -2.22. The number of para-hydroxylation sites is 1. The van der Waals surface area contributed by atoms with Crippen LogP contribution in [0.4, 0.5) is 5.69 Å². The normalized spacial score (nSPS) is 16.0. The first-order valence-corrected chi connectivity index (χ1v) is 9.55. The van der Waals surface area contributed by atoms with Crippen LogP contribution in [0.1, 0.15) is 29.4 Å². The number of methoxy groups -OCH3 is 1. The SMILES string of the molecule is COc1ccccc1-c1cccc(NC(=O)c2ccn(C3CCCNC3)n2)c1.Cl. The Morgan fingerprint density at radius 1 is 1.21 bits per heavy atom. The van der Waals surface area contributed by atoms with Crippen LogP contribution in [0.15, 0.2) is 60.8 Å². The van der Waals surface area contributed by atoms with E-state index in [4.69, 9.17) is 4.74 Å². The van der Waals surface area contributed by atoms with E-state index in [0.29, 0.717) is 11.7 Å². The van der Waals surface area contributed by atoms with Gasteiger partial charge in [0.2, 0.25) is 0 Å². The van der Waals surface area contributed by atoms with Gasteiger partial charge in [-0.1, -0.05) is 30.3 Å². The summed E-state index contributed by atoms with van der Waals surface area (Å²) in [6.07, 6.45) is 4.09. The number of rotatable bonds is 5. The zero-order chi connectivity index (χ0) is 19.3.